The zero-order valence-electron chi connectivity index (χ0n) is 17.5. The summed E-state index contributed by atoms with van der Waals surface area (Å²) in [6.45, 7) is 0. The highest BCUT2D eigenvalue weighted by Gasteiger charge is 2.24. The van der Waals surface area contributed by atoms with Crippen LogP contribution in [0.1, 0.15) is 27.0 Å². The molecule has 0 aliphatic rings. The second kappa shape index (κ2) is 9.42. The van der Waals surface area contributed by atoms with E-state index in [4.69, 9.17) is 10.00 Å². The van der Waals surface area contributed by atoms with E-state index in [9.17, 15) is 14.7 Å². The van der Waals surface area contributed by atoms with E-state index in [0.29, 0.717) is 39.0 Å². The van der Waals surface area contributed by atoms with Gasteiger partial charge in [-0.25, -0.2) is 4.79 Å². The number of nitriles is 1. The summed E-state index contributed by atoms with van der Waals surface area (Å²) >= 11 is 1.03. The van der Waals surface area contributed by atoms with Crippen LogP contribution in [0, 0.1) is 11.3 Å². The zero-order chi connectivity index (χ0) is 23.4. The summed E-state index contributed by atoms with van der Waals surface area (Å²) in [5.41, 5.74) is 3.14. The normalized spacial score (nSPS) is 11.5. The lowest BCUT2D eigenvalue weighted by Gasteiger charge is -2.13. The van der Waals surface area contributed by atoms with Crippen molar-refractivity contribution in [3.63, 3.8) is 0 Å². The van der Waals surface area contributed by atoms with E-state index in [2.05, 4.69) is 14.8 Å². The highest BCUT2D eigenvalue weighted by molar-refractivity contribution is 7.00. The van der Waals surface area contributed by atoms with Gasteiger partial charge >= 0.3 is 5.97 Å². The fraction of sp³-hybridized carbons (Fsp3) is 0.0800. The number of nitrogens with zero attached hydrogens (tertiary/aromatic N) is 3. The van der Waals surface area contributed by atoms with Gasteiger partial charge in [0.05, 0.1) is 36.0 Å². The number of Topliss-reactive ketones (excluding diaryl/α,β-unsaturated/α-hetero) is 1. The molecule has 0 amide bonds. The summed E-state index contributed by atoms with van der Waals surface area (Å²) in [6, 6.07) is 20.2. The van der Waals surface area contributed by atoms with Crippen LogP contribution in [0.4, 0.5) is 0 Å². The number of rotatable bonds is 7. The van der Waals surface area contributed by atoms with Crippen molar-refractivity contribution in [1.82, 2.24) is 8.75 Å². The summed E-state index contributed by atoms with van der Waals surface area (Å²) in [6.07, 6.45) is 0.0750. The van der Waals surface area contributed by atoms with E-state index in [1.54, 1.807) is 66.7 Å². The lowest BCUT2D eigenvalue weighted by atomic mass is 9.89. The van der Waals surface area contributed by atoms with E-state index in [1.807, 2.05) is 0 Å². The van der Waals surface area contributed by atoms with Crippen LogP contribution in [0.25, 0.3) is 16.6 Å². The Balaban J connectivity index is 1.88. The van der Waals surface area contributed by atoms with Gasteiger partial charge in [0.25, 0.3) is 0 Å². The van der Waals surface area contributed by atoms with Gasteiger partial charge in [-0.05, 0) is 59.7 Å². The number of aliphatic carboxylic acids is 1. The van der Waals surface area contributed by atoms with Gasteiger partial charge in [-0.15, -0.1) is 0 Å². The standard InChI is InChI=1S/C25H17N3O4S/c1-32-19-9-6-17(7-10-19)24(29)20(12-15-2-4-16(14-26)5-3-15)23(25(30)31)18-8-11-21-22(13-18)28-33-27-21/h2-11,13H,12H2,1H3,(H,30,31). The number of fused-ring (bicyclic) bond motifs is 1. The van der Waals surface area contributed by atoms with Crippen molar-refractivity contribution in [2.75, 3.05) is 7.11 Å². The molecule has 8 heteroatoms. The summed E-state index contributed by atoms with van der Waals surface area (Å²) < 4.78 is 13.5. The van der Waals surface area contributed by atoms with Gasteiger partial charge in [0.1, 0.15) is 16.8 Å². The fourth-order valence-corrected chi connectivity index (χ4v) is 3.98. The van der Waals surface area contributed by atoms with Crippen LogP contribution in [0.5, 0.6) is 5.75 Å². The quantitative estimate of drug-likeness (QED) is 0.322. The van der Waals surface area contributed by atoms with Crippen LogP contribution in [0.3, 0.4) is 0 Å². The van der Waals surface area contributed by atoms with Gasteiger partial charge in [-0.3, -0.25) is 4.79 Å². The summed E-state index contributed by atoms with van der Waals surface area (Å²) in [4.78, 5) is 26.0. The van der Waals surface area contributed by atoms with E-state index < -0.39 is 11.8 Å². The smallest absolute Gasteiger partial charge is 0.336 e. The molecule has 0 spiro atoms. The van der Waals surface area contributed by atoms with Crippen LogP contribution in [0.2, 0.25) is 0 Å². The van der Waals surface area contributed by atoms with Gasteiger partial charge in [0.2, 0.25) is 0 Å². The maximum atomic E-state index is 13.6. The molecule has 0 aliphatic heterocycles. The van der Waals surface area contributed by atoms with E-state index in [1.165, 1.54) is 7.11 Å². The monoisotopic (exact) mass is 455 g/mol. The third-order valence-corrected chi connectivity index (χ3v) is 5.71. The van der Waals surface area contributed by atoms with Crippen molar-refractivity contribution in [1.29, 1.82) is 5.26 Å². The van der Waals surface area contributed by atoms with Gasteiger partial charge in [-0.1, -0.05) is 18.2 Å². The fourth-order valence-electron chi connectivity index (χ4n) is 3.46. The minimum Gasteiger partial charge on any atom is -0.497 e. The van der Waals surface area contributed by atoms with E-state index in [-0.39, 0.29) is 17.6 Å². The largest absolute Gasteiger partial charge is 0.497 e. The minimum atomic E-state index is -1.22. The van der Waals surface area contributed by atoms with Crippen molar-refractivity contribution >= 4 is 40.1 Å². The molecule has 1 aromatic heterocycles. The predicted octanol–water partition coefficient (Wildman–Crippen LogP) is 4.54. The number of hydrogen-bond acceptors (Lipinski definition) is 7. The molecule has 0 saturated heterocycles. The number of ether oxygens (including phenoxy) is 1. The van der Waals surface area contributed by atoms with Crippen molar-refractivity contribution in [2.24, 2.45) is 0 Å². The number of ketones is 1. The van der Waals surface area contributed by atoms with Gasteiger partial charge < -0.3 is 9.84 Å². The number of benzene rings is 3. The molecule has 0 fully saturated rings. The molecular weight excluding hydrogens is 438 g/mol. The van der Waals surface area contributed by atoms with Crippen LogP contribution >= 0.6 is 11.7 Å². The Bertz CT molecular complexity index is 1410. The van der Waals surface area contributed by atoms with E-state index >= 15 is 0 Å². The molecule has 0 radical (unpaired) electrons. The zero-order valence-corrected chi connectivity index (χ0v) is 18.3. The van der Waals surface area contributed by atoms with Gasteiger partial charge in [0, 0.05) is 17.6 Å². The first-order chi connectivity index (χ1) is 16.0. The Kier molecular flexibility index (Phi) is 6.24. The van der Waals surface area contributed by atoms with Crippen molar-refractivity contribution in [2.45, 2.75) is 6.42 Å². The average Bonchev–Trinajstić information content (AvgIpc) is 3.31. The number of hydrogen-bond donors (Lipinski definition) is 1. The SMILES string of the molecule is COc1ccc(C(=O)C(Cc2ccc(C#N)cc2)=C(C(=O)O)c2ccc3nsnc3c2)cc1. The van der Waals surface area contributed by atoms with Gasteiger partial charge in [0.15, 0.2) is 5.78 Å². The summed E-state index contributed by atoms with van der Waals surface area (Å²) in [7, 11) is 1.53. The Labute approximate surface area is 193 Å². The third-order valence-electron chi connectivity index (χ3n) is 5.15. The Morgan fingerprint density at radius 1 is 0.970 bits per heavy atom. The first-order valence-corrected chi connectivity index (χ1v) is 10.6. The number of methoxy groups -OCH3 is 1. The van der Waals surface area contributed by atoms with Crippen molar-refractivity contribution in [3.05, 3.63) is 94.6 Å². The third kappa shape index (κ3) is 4.63. The molecule has 7 nitrogen and oxygen atoms in total. The Hall–Kier alpha value is -4.35. The number of carboxylic acid groups (broad SMARTS) is 1. The number of aromatic nitrogens is 2. The lowest BCUT2D eigenvalue weighted by Crippen LogP contribution is -2.14. The number of allylic oxidation sites excluding steroid dienone is 1. The van der Waals surface area contributed by atoms with Crippen LogP contribution in [0.15, 0.2) is 72.3 Å². The second-order valence-electron chi connectivity index (χ2n) is 7.17. The predicted molar refractivity (Wildman–Crippen MR) is 124 cm³/mol. The molecule has 33 heavy (non-hydrogen) atoms. The maximum absolute atomic E-state index is 13.6. The molecule has 4 aromatic rings. The molecular formula is C25H17N3O4S. The molecule has 162 valence electrons. The van der Waals surface area contributed by atoms with E-state index in [0.717, 1.165) is 11.7 Å². The topological polar surface area (TPSA) is 113 Å². The molecule has 1 heterocycles. The minimum absolute atomic E-state index is 0.0750. The van der Waals surface area contributed by atoms with Crippen LogP contribution in [-0.2, 0) is 11.2 Å². The average molecular weight is 455 g/mol. The number of carbonyl (C=O) groups is 2. The molecule has 0 atom stereocenters. The Morgan fingerprint density at radius 2 is 1.64 bits per heavy atom. The number of carbonyl (C=O) groups excluding carboxylic acids is 1. The molecule has 4 rings (SSSR count). The molecule has 1 N–H and O–H groups in total. The van der Waals surface area contributed by atoms with Crippen molar-refractivity contribution < 1.29 is 19.4 Å². The summed E-state index contributed by atoms with van der Waals surface area (Å²) in [5, 5.41) is 19.2. The number of carboxylic acids is 1. The summed E-state index contributed by atoms with van der Waals surface area (Å²) in [5.74, 6) is -1.04. The first-order valence-electron chi connectivity index (χ1n) is 9.87. The Morgan fingerprint density at radius 3 is 2.27 bits per heavy atom. The molecule has 0 bridgehead atoms. The first kappa shape index (κ1) is 21.9. The van der Waals surface area contributed by atoms with Gasteiger partial charge in [-0.2, -0.15) is 14.0 Å². The van der Waals surface area contributed by atoms with Crippen molar-refractivity contribution in [3.8, 4) is 11.8 Å². The molecule has 0 aliphatic carbocycles. The molecule has 3 aromatic carbocycles. The lowest BCUT2D eigenvalue weighted by molar-refractivity contribution is -0.130. The molecule has 0 saturated carbocycles. The highest BCUT2D eigenvalue weighted by Crippen LogP contribution is 2.28. The maximum Gasteiger partial charge on any atom is 0.336 e. The van der Waals surface area contributed by atoms with Crippen LogP contribution in [-0.4, -0.2) is 32.7 Å². The molecule has 0 unspecified atom stereocenters. The van der Waals surface area contributed by atoms with Crippen LogP contribution < -0.4 is 4.74 Å². The highest BCUT2D eigenvalue weighted by atomic mass is 32.1. The second-order valence-corrected chi connectivity index (χ2v) is 7.70.